The van der Waals surface area contributed by atoms with E-state index in [1.807, 2.05) is 0 Å². The molecule has 1 aliphatic heterocycles. The molecular weight excluding hydrogens is 164 g/mol. The fourth-order valence-corrected chi connectivity index (χ4v) is 1.81. The summed E-state index contributed by atoms with van der Waals surface area (Å²) in [6.07, 6.45) is 2.54. The van der Waals surface area contributed by atoms with E-state index in [-0.39, 0.29) is 23.9 Å². The average molecular weight is 186 g/mol. The first-order valence-corrected chi connectivity index (χ1v) is 5.30. The molecule has 0 spiro atoms. The van der Waals surface area contributed by atoms with Crippen LogP contribution in [-0.2, 0) is 9.47 Å². The van der Waals surface area contributed by atoms with Crippen molar-refractivity contribution < 1.29 is 9.47 Å². The summed E-state index contributed by atoms with van der Waals surface area (Å²) in [6.45, 7) is 10.9. The number of ether oxygens (including phenoxy) is 2. The van der Waals surface area contributed by atoms with Crippen LogP contribution in [0.4, 0.5) is 0 Å². The van der Waals surface area contributed by atoms with Crippen molar-refractivity contribution in [3.63, 3.8) is 0 Å². The van der Waals surface area contributed by atoms with Gasteiger partial charge in [0.05, 0.1) is 12.2 Å². The van der Waals surface area contributed by atoms with Gasteiger partial charge in [-0.1, -0.05) is 34.6 Å². The van der Waals surface area contributed by atoms with Crippen molar-refractivity contribution in [1.82, 2.24) is 0 Å². The number of rotatable bonds is 2. The van der Waals surface area contributed by atoms with Crippen LogP contribution in [-0.4, -0.2) is 18.5 Å². The van der Waals surface area contributed by atoms with E-state index in [4.69, 9.17) is 9.47 Å². The van der Waals surface area contributed by atoms with E-state index in [9.17, 15) is 0 Å². The van der Waals surface area contributed by atoms with Gasteiger partial charge in [0.1, 0.15) is 0 Å². The first kappa shape index (κ1) is 11.0. The molecule has 0 saturated carbocycles. The van der Waals surface area contributed by atoms with Gasteiger partial charge in [-0.15, -0.1) is 0 Å². The minimum atomic E-state index is 0.0224. The van der Waals surface area contributed by atoms with Gasteiger partial charge in [0.15, 0.2) is 6.29 Å². The second kappa shape index (κ2) is 3.97. The van der Waals surface area contributed by atoms with E-state index in [0.29, 0.717) is 0 Å². The van der Waals surface area contributed by atoms with Gasteiger partial charge in [0, 0.05) is 0 Å². The lowest BCUT2D eigenvalue weighted by atomic mass is 9.85. The van der Waals surface area contributed by atoms with E-state index in [0.717, 1.165) is 12.8 Å². The van der Waals surface area contributed by atoms with Gasteiger partial charge >= 0.3 is 0 Å². The van der Waals surface area contributed by atoms with Crippen molar-refractivity contribution in [3.05, 3.63) is 0 Å². The van der Waals surface area contributed by atoms with E-state index in [1.165, 1.54) is 0 Å². The second-order valence-corrected chi connectivity index (χ2v) is 4.84. The van der Waals surface area contributed by atoms with E-state index in [2.05, 4.69) is 34.6 Å². The summed E-state index contributed by atoms with van der Waals surface area (Å²) in [4.78, 5) is 0. The predicted molar refractivity (Wildman–Crippen MR) is 53.6 cm³/mol. The van der Waals surface area contributed by atoms with Crippen LogP contribution < -0.4 is 0 Å². The smallest absolute Gasteiger partial charge is 0.158 e. The summed E-state index contributed by atoms with van der Waals surface area (Å²) in [5.41, 5.74) is 0.185. The molecule has 0 N–H and O–H groups in total. The molecular formula is C11H22O2. The molecule has 0 aliphatic carbocycles. The lowest BCUT2D eigenvalue weighted by Crippen LogP contribution is -2.35. The third kappa shape index (κ3) is 2.44. The Labute approximate surface area is 81.6 Å². The molecule has 0 aromatic carbocycles. The highest BCUT2D eigenvalue weighted by Crippen LogP contribution is 2.35. The molecule has 0 aromatic rings. The SMILES string of the molecule is CCC1OC(CC)C(C(C)(C)C)O1. The molecule has 1 aliphatic rings. The zero-order valence-electron chi connectivity index (χ0n) is 9.46. The Morgan fingerprint density at radius 3 is 1.92 bits per heavy atom. The maximum Gasteiger partial charge on any atom is 0.158 e. The summed E-state index contributed by atoms with van der Waals surface area (Å²) in [6, 6.07) is 0. The summed E-state index contributed by atoms with van der Waals surface area (Å²) < 4.78 is 11.6. The second-order valence-electron chi connectivity index (χ2n) is 4.84. The number of hydrogen-bond donors (Lipinski definition) is 0. The normalized spacial score (nSPS) is 35.3. The summed E-state index contributed by atoms with van der Waals surface area (Å²) in [7, 11) is 0. The molecule has 1 saturated heterocycles. The largest absolute Gasteiger partial charge is 0.347 e. The van der Waals surface area contributed by atoms with Gasteiger partial charge in [-0.05, 0) is 18.3 Å². The lowest BCUT2D eigenvalue weighted by molar-refractivity contribution is -0.0796. The van der Waals surface area contributed by atoms with Crippen molar-refractivity contribution in [2.75, 3.05) is 0 Å². The lowest BCUT2D eigenvalue weighted by Gasteiger charge is -2.28. The predicted octanol–water partition coefficient (Wildman–Crippen LogP) is 2.96. The first-order valence-electron chi connectivity index (χ1n) is 5.30. The van der Waals surface area contributed by atoms with Gasteiger partial charge in [-0.2, -0.15) is 0 Å². The van der Waals surface area contributed by atoms with Gasteiger partial charge in [-0.25, -0.2) is 0 Å². The maximum absolute atomic E-state index is 5.86. The monoisotopic (exact) mass is 186 g/mol. The Morgan fingerprint density at radius 1 is 1.00 bits per heavy atom. The molecule has 3 unspecified atom stereocenters. The van der Waals surface area contributed by atoms with Gasteiger partial charge in [0.25, 0.3) is 0 Å². The highest BCUT2D eigenvalue weighted by atomic mass is 16.7. The van der Waals surface area contributed by atoms with E-state index in [1.54, 1.807) is 0 Å². The third-order valence-electron chi connectivity index (χ3n) is 2.55. The van der Waals surface area contributed by atoms with Crippen molar-refractivity contribution in [1.29, 1.82) is 0 Å². The molecule has 3 atom stereocenters. The molecule has 0 aromatic heterocycles. The van der Waals surface area contributed by atoms with Gasteiger partial charge < -0.3 is 9.47 Å². The van der Waals surface area contributed by atoms with Crippen LogP contribution in [0.3, 0.4) is 0 Å². The molecule has 0 bridgehead atoms. The van der Waals surface area contributed by atoms with Crippen LogP contribution >= 0.6 is 0 Å². The van der Waals surface area contributed by atoms with Crippen LogP contribution in [0.2, 0.25) is 0 Å². The Hall–Kier alpha value is -0.0800. The maximum atomic E-state index is 5.86. The third-order valence-corrected chi connectivity index (χ3v) is 2.55. The van der Waals surface area contributed by atoms with Crippen molar-refractivity contribution in [2.24, 2.45) is 5.41 Å². The van der Waals surface area contributed by atoms with E-state index < -0.39 is 0 Å². The summed E-state index contributed by atoms with van der Waals surface area (Å²) in [5.74, 6) is 0. The van der Waals surface area contributed by atoms with Gasteiger partial charge in [0.2, 0.25) is 0 Å². The quantitative estimate of drug-likeness (QED) is 0.660. The topological polar surface area (TPSA) is 18.5 Å². The first-order chi connectivity index (χ1) is 5.99. The summed E-state index contributed by atoms with van der Waals surface area (Å²) in [5, 5.41) is 0. The summed E-state index contributed by atoms with van der Waals surface area (Å²) >= 11 is 0. The van der Waals surface area contributed by atoms with Crippen molar-refractivity contribution >= 4 is 0 Å². The molecule has 2 heteroatoms. The molecule has 78 valence electrons. The Balaban J connectivity index is 2.63. The standard InChI is InChI=1S/C11H22O2/c1-6-8-10(11(3,4)5)13-9(7-2)12-8/h8-10H,6-7H2,1-5H3. The van der Waals surface area contributed by atoms with E-state index >= 15 is 0 Å². The van der Waals surface area contributed by atoms with Crippen LogP contribution in [0.1, 0.15) is 47.5 Å². The zero-order valence-corrected chi connectivity index (χ0v) is 9.46. The average Bonchev–Trinajstić information content (AvgIpc) is 2.46. The van der Waals surface area contributed by atoms with Gasteiger partial charge in [-0.3, -0.25) is 0 Å². The van der Waals surface area contributed by atoms with Crippen LogP contribution in [0, 0.1) is 5.41 Å². The molecule has 1 fully saturated rings. The fourth-order valence-electron chi connectivity index (χ4n) is 1.81. The minimum absolute atomic E-state index is 0.0224. The highest BCUT2D eigenvalue weighted by molar-refractivity contribution is 4.85. The molecule has 2 nitrogen and oxygen atoms in total. The van der Waals surface area contributed by atoms with Crippen molar-refractivity contribution in [2.45, 2.75) is 66.0 Å². The zero-order chi connectivity index (χ0) is 10.1. The highest BCUT2D eigenvalue weighted by Gasteiger charge is 2.41. The molecule has 0 radical (unpaired) electrons. The number of hydrogen-bond acceptors (Lipinski definition) is 2. The van der Waals surface area contributed by atoms with Crippen LogP contribution in [0.5, 0.6) is 0 Å². The Bertz CT molecular complexity index is 160. The van der Waals surface area contributed by atoms with Crippen molar-refractivity contribution in [3.8, 4) is 0 Å². The molecule has 1 rings (SSSR count). The molecule has 1 heterocycles. The Morgan fingerprint density at radius 2 is 1.62 bits per heavy atom. The fraction of sp³-hybridized carbons (Fsp3) is 1.00. The minimum Gasteiger partial charge on any atom is -0.347 e. The van der Waals surface area contributed by atoms with Crippen LogP contribution in [0.25, 0.3) is 0 Å². The van der Waals surface area contributed by atoms with Crippen LogP contribution in [0.15, 0.2) is 0 Å². The molecule has 0 amide bonds. The Kier molecular flexibility index (Phi) is 3.36. The molecule has 13 heavy (non-hydrogen) atoms.